The third kappa shape index (κ3) is 9.25. The maximum atomic E-state index is 14.3. The Kier molecular flexibility index (Phi) is 11.1. The first kappa shape index (κ1) is 38.5. The molecule has 1 unspecified atom stereocenters. The number of likely N-dealkylation sites (tertiary alicyclic amines) is 1. The van der Waals surface area contributed by atoms with Crippen LogP contribution >= 0.6 is 0 Å². The predicted octanol–water partition coefficient (Wildman–Crippen LogP) is 3.21. The fourth-order valence-corrected chi connectivity index (χ4v) is 7.14. The summed E-state index contributed by atoms with van der Waals surface area (Å²) in [4.78, 5) is 68.8. The second-order valence-electron chi connectivity index (χ2n) is 15.0. The second-order valence-corrected chi connectivity index (χ2v) is 16.9. The van der Waals surface area contributed by atoms with Gasteiger partial charge in [-0.25, -0.2) is 18.0 Å². The number of hydrogen-bond acceptors (Lipinski definition) is 10. The highest BCUT2D eigenvalue weighted by Crippen LogP contribution is 2.45. The van der Waals surface area contributed by atoms with E-state index in [1.165, 1.54) is 11.0 Å². The largest absolute Gasteiger partial charge is 0.492 e. The van der Waals surface area contributed by atoms with E-state index in [2.05, 4.69) is 27.3 Å². The molecule has 0 radical (unpaired) electrons. The molecule has 3 fully saturated rings. The summed E-state index contributed by atoms with van der Waals surface area (Å²) in [7, 11) is -3.92. The fourth-order valence-electron chi connectivity index (χ4n) is 5.78. The van der Waals surface area contributed by atoms with Gasteiger partial charge in [0.05, 0.1) is 24.1 Å². The number of carbonyl (C=O) groups excluding carboxylic acids is 5. The molecule has 4 rings (SSSR count). The van der Waals surface area contributed by atoms with Crippen molar-refractivity contribution in [3.05, 3.63) is 36.9 Å². The Bertz CT molecular complexity index is 1610. The number of benzene rings is 1. The van der Waals surface area contributed by atoms with Crippen molar-refractivity contribution < 1.29 is 46.6 Å². The van der Waals surface area contributed by atoms with Gasteiger partial charge in [0.2, 0.25) is 21.8 Å². The highest BCUT2D eigenvalue weighted by atomic mass is 32.2. The zero-order valence-electron chi connectivity index (χ0n) is 29.7. The lowest BCUT2D eigenvalue weighted by atomic mass is 9.85. The monoisotopic (exact) mass is 719 g/mol. The number of alkyl carbamates (subject to hydrolysis) is 1. The summed E-state index contributed by atoms with van der Waals surface area (Å²) in [5.74, 6) is -2.45. The molecule has 50 heavy (non-hydrogen) atoms. The van der Waals surface area contributed by atoms with E-state index in [0.717, 1.165) is 0 Å². The molecule has 5 amide bonds. The number of para-hydroxylation sites is 2. The Balaban J connectivity index is 1.59. The minimum atomic E-state index is -3.92. The van der Waals surface area contributed by atoms with Crippen LogP contribution in [0.25, 0.3) is 0 Å². The van der Waals surface area contributed by atoms with Crippen LogP contribution < -0.4 is 25.4 Å². The first-order valence-corrected chi connectivity index (χ1v) is 18.3. The lowest BCUT2D eigenvalue weighted by Gasteiger charge is -2.36. The number of amides is 5. The van der Waals surface area contributed by atoms with Gasteiger partial charge in [0.15, 0.2) is 0 Å². The Hall–Kier alpha value is -4.34. The molecule has 1 aromatic carbocycles. The van der Waals surface area contributed by atoms with Gasteiger partial charge in [-0.2, -0.15) is 0 Å². The van der Waals surface area contributed by atoms with Crippen LogP contribution in [0.15, 0.2) is 36.9 Å². The smallest absolute Gasteiger partial charge is 0.412 e. The SMILES string of the molecule is C=CC1C[C@]1(NC(=O)[C@@H]1C[C@@H](OC(=O)Nc2ccccc2OCC)CN1C(=O)[C@@H](NC(=O)OC(C)(C)C)C(C)(C)C)C(=O)NS(=O)(=O)C1CC1. The van der Waals surface area contributed by atoms with Crippen molar-refractivity contribution in [1.29, 1.82) is 0 Å². The normalized spacial score (nSPS) is 23.9. The van der Waals surface area contributed by atoms with Gasteiger partial charge >= 0.3 is 12.2 Å². The maximum Gasteiger partial charge on any atom is 0.412 e. The van der Waals surface area contributed by atoms with Gasteiger partial charge in [0.1, 0.15) is 35.1 Å². The molecule has 0 aromatic heterocycles. The molecule has 1 saturated heterocycles. The average Bonchev–Trinajstić information content (AvgIpc) is 3.92. The second kappa shape index (κ2) is 14.5. The van der Waals surface area contributed by atoms with Crippen LogP contribution in [0.1, 0.15) is 74.1 Å². The van der Waals surface area contributed by atoms with E-state index in [9.17, 15) is 32.4 Å². The molecular formula is C34H49N5O10S. The molecule has 276 valence electrons. The van der Waals surface area contributed by atoms with Gasteiger partial charge in [-0.3, -0.25) is 24.4 Å². The Labute approximate surface area is 293 Å². The van der Waals surface area contributed by atoms with Gasteiger partial charge in [0.25, 0.3) is 5.91 Å². The summed E-state index contributed by atoms with van der Waals surface area (Å²) in [5.41, 5.74) is -2.97. The zero-order chi connectivity index (χ0) is 37.2. The van der Waals surface area contributed by atoms with E-state index < -0.39 is 85.8 Å². The average molecular weight is 720 g/mol. The number of hydrogen-bond donors (Lipinski definition) is 4. The van der Waals surface area contributed by atoms with Gasteiger partial charge in [-0.1, -0.05) is 39.0 Å². The third-order valence-corrected chi connectivity index (χ3v) is 10.4. The van der Waals surface area contributed by atoms with Crippen molar-refractivity contribution in [1.82, 2.24) is 20.3 Å². The Morgan fingerprint density at radius 3 is 2.28 bits per heavy atom. The van der Waals surface area contributed by atoms with Crippen LogP contribution in [0.3, 0.4) is 0 Å². The molecule has 1 aromatic rings. The Morgan fingerprint density at radius 2 is 1.72 bits per heavy atom. The van der Waals surface area contributed by atoms with Crippen molar-refractivity contribution in [3.63, 3.8) is 0 Å². The summed E-state index contributed by atoms with van der Waals surface area (Å²) in [6.07, 6.45) is -0.410. The lowest BCUT2D eigenvalue weighted by Crippen LogP contribution is -2.60. The number of nitrogens with zero attached hydrogens (tertiary/aromatic N) is 1. The molecular weight excluding hydrogens is 670 g/mol. The van der Waals surface area contributed by atoms with Crippen LogP contribution in [0, 0.1) is 11.3 Å². The first-order chi connectivity index (χ1) is 23.2. The van der Waals surface area contributed by atoms with Crippen LogP contribution in [0.5, 0.6) is 5.75 Å². The summed E-state index contributed by atoms with van der Waals surface area (Å²) in [5, 5.41) is 7.29. The molecule has 3 aliphatic rings. The number of nitrogens with one attached hydrogen (secondary N) is 4. The topological polar surface area (TPSA) is 199 Å². The van der Waals surface area contributed by atoms with Crippen LogP contribution in [-0.2, 0) is 33.9 Å². The minimum Gasteiger partial charge on any atom is -0.492 e. The van der Waals surface area contributed by atoms with Gasteiger partial charge in [-0.15, -0.1) is 6.58 Å². The Morgan fingerprint density at radius 1 is 1.06 bits per heavy atom. The zero-order valence-corrected chi connectivity index (χ0v) is 30.5. The van der Waals surface area contributed by atoms with Gasteiger partial charge in [0, 0.05) is 12.3 Å². The molecule has 15 nitrogen and oxygen atoms in total. The fraction of sp³-hybridized carbons (Fsp3) is 0.618. The molecule has 2 saturated carbocycles. The third-order valence-electron chi connectivity index (χ3n) is 8.57. The van der Waals surface area contributed by atoms with E-state index in [1.54, 1.807) is 72.7 Å². The maximum absolute atomic E-state index is 14.3. The number of anilines is 1. The number of rotatable bonds is 12. The van der Waals surface area contributed by atoms with E-state index in [-0.39, 0.29) is 19.4 Å². The van der Waals surface area contributed by atoms with Crippen LogP contribution in [0.4, 0.5) is 15.3 Å². The summed E-state index contributed by atoms with van der Waals surface area (Å²) in [6, 6.07) is 4.31. The van der Waals surface area contributed by atoms with Crippen molar-refractivity contribution in [2.45, 2.75) is 109 Å². The number of sulfonamides is 1. The van der Waals surface area contributed by atoms with E-state index in [0.29, 0.717) is 30.9 Å². The van der Waals surface area contributed by atoms with Crippen molar-refractivity contribution in [3.8, 4) is 5.75 Å². The summed E-state index contributed by atoms with van der Waals surface area (Å²) >= 11 is 0. The molecule has 5 atom stereocenters. The molecule has 1 heterocycles. The van der Waals surface area contributed by atoms with E-state index in [4.69, 9.17) is 14.2 Å². The van der Waals surface area contributed by atoms with E-state index in [1.807, 2.05) is 0 Å². The summed E-state index contributed by atoms with van der Waals surface area (Å²) in [6.45, 7) is 15.9. The molecule has 2 aliphatic carbocycles. The lowest BCUT2D eigenvalue weighted by molar-refractivity contribution is -0.143. The van der Waals surface area contributed by atoms with E-state index >= 15 is 0 Å². The van der Waals surface area contributed by atoms with Gasteiger partial charge in [-0.05, 0) is 64.5 Å². The molecule has 0 bridgehead atoms. The molecule has 1 aliphatic heterocycles. The van der Waals surface area contributed by atoms with Crippen molar-refractivity contribution in [2.24, 2.45) is 11.3 Å². The predicted molar refractivity (Wildman–Crippen MR) is 183 cm³/mol. The van der Waals surface area contributed by atoms with Crippen LogP contribution in [-0.4, -0.2) is 91.0 Å². The molecule has 4 N–H and O–H groups in total. The van der Waals surface area contributed by atoms with Crippen LogP contribution in [0.2, 0.25) is 0 Å². The highest BCUT2D eigenvalue weighted by Gasteiger charge is 2.62. The molecule has 16 heteroatoms. The first-order valence-electron chi connectivity index (χ1n) is 16.7. The number of carbonyl (C=O) groups is 5. The standard InChI is InChI=1S/C34H49N5O10S/c1-9-20-18-34(20,29(42)38-50(45,46)22-15-16-22)37-27(40)24-17-21(48-30(43)35-23-13-11-12-14-25(23)47-10-2)19-39(24)28(41)26(32(3,4)5)36-31(44)49-33(6,7)8/h9,11-14,20-22,24,26H,1,10,15-19H2,2-8H3,(H,35,43)(H,36,44)(H,37,40)(H,38,42)/t20?,21-,24+,26-,34-/m1/s1. The highest BCUT2D eigenvalue weighted by molar-refractivity contribution is 7.91. The van der Waals surface area contributed by atoms with Crippen molar-refractivity contribution in [2.75, 3.05) is 18.5 Å². The van der Waals surface area contributed by atoms with Crippen molar-refractivity contribution >= 4 is 45.6 Å². The quantitative estimate of drug-likeness (QED) is 0.233. The molecule has 0 spiro atoms. The summed E-state index contributed by atoms with van der Waals surface area (Å²) < 4.78 is 44.0. The minimum absolute atomic E-state index is 0.0985. The number of ether oxygens (including phenoxy) is 3. The van der Waals surface area contributed by atoms with Gasteiger partial charge < -0.3 is 29.7 Å².